The van der Waals surface area contributed by atoms with Gasteiger partial charge in [-0.05, 0) is 44.4 Å². The van der Waals surface area contributed by atoms with Crippen molar-refractivity contribution in [2.24, 2.45) is 0 Å². The molecule has 25 heavy (non-hydrogen) atoms. The molecule has 1 aromatic carbocycles. The largest absolute Gasteiger partial charge is 0.497 e. The van der Waals surface area contributed by atoms with Crippen molar-refractivity contribution in [1.29, 1.82) is 0 Å². The Labute approximate surface area is 150 Å². The first-order chi connectivity index (χ1) is 12.0. The average Bonchev–Trinajstić information content (AvgIpc) is 2.65. The van der Waals surface area contributed by atoms with Crippen LogP contribution in [0.1, 0.15) is 25.8 Å². The molecule has 1 aliphatic heterocycles. The van der Waals surface area contributed by atoms with E-state index in [4.69, 9.17) is 9.47 Å². The third kappa shape index (κ3) is 6.55. The molecule has 2 amide bonds. The number of nitrogens with one attached hydrogen (secondary N) is 2. The van der Waals surface area contributed by atoms with Crippen molar-refractivity contribution in [2.75, 3.05) is 46.5 Å². The van der Waals surface area contributed by atoms with E-state index in [2.05, 4.69) is 41.5 Å². The van der Waals surface area contributed by atoms with E-state index in [1.165, 1.54) is 5.56 Å². The lowest BCUT2D eigenvalue weighted by atomic mass is 10.0. The van der Waals surface area contributed by atoms with Crippen LogP contribution in [-0.4, -0.2) is 63.0 Å². The van der Waals surface area contributed by atoms with Crippen molar-refractivity contribution in [2.45, 2.75) is 32.2 Å². The number of rotatable bonds is 8. The molecule has 1 aromatic rings. The minimum Gasteiger partial charge on any atom is -0.497 e. The van der Waals surface area contributed by atoms with Crippen molar-refractivity contribution in [3.63, 3.8) is 0 Å². The monoisotopic (exact) mass is 349 g/mol. The number of benzene rings is 1. The first kappa shape index (κ1) is 19.5. The van der Waals surface area contributed by atoms with Gasteiger partial charge in [-0.3, -0.25) is 4.90 Å². The number of aryl methyl sites for hydroxylation is 1. The molecular weight excluding hydrogens is 318 g/mol. The topological polar surface area (TPSA) is 62.8 Å². The normalized spacial score (nSPS) is 15.6. The van der Waals surface area contributed by atoms with Crippen LogP contribution in [0.4, 0.5) is 4.79 Å². The lowest BCUT2D eigenvalue weighted by Gasteiger charge is -2.40. The Kier molecular flexibility index (Phi) is 7.52. The Morgan fingerprint density at radius 3 is 2.52 bits per heavy atom. The maximum absolute atomic E-state index is 12.0. The van der Waals surface area contributed by atoms with Gasteiger partial charge >= 0.3 is 6.03 Å². The zero-order valence-electron chi connectivity index (χ0n) is 15.6. The van der Waals surface area contributed by atoms with E-state index in [1.807, 2.05) is 12.1 Å². The van der Waals surface area contributed by atoms with E-state index in [0.29, 0.717) is 13.1 Å². The van der Waals surface area contributed by atoms with E-state index in [0.717, 1.165) is 44.9 Å². The molecular formula is C19H31N3O3. The summed E-state index contributed by atoms with van der Waals surface area (Å²) in [5.74, 6) is 0.865. The molecule has 6 heteroatoms. The summed E-state index contributed by atoms with van der Waals surface area (Å²) in [4.78, 5) is 14.3. The zero-order valence-corrected chi connectivity index (χ0v) is 15.6. The van der Waals surface area contributed by atoms with Gasteiger partial charge in [-0.2, -0.15) is 0 Å². The minimum absolute atomic E-state index is 0.0653. The average molecular weight is 349 g/mol. The molecule has 0 unspecified atom stereocenters. The van der Waals surface area contributed by atoms with Gasteiger partial charge in [-0.15, -0.1) is 0 Å². The van der Waals surface area contributed by atoms with Gasteiger partial charge in [0.15, 0.2) is 0 Å². The molecule has 0 bridgehead atoms. The van der Waals surface area contributed by atoms with Gasteiger partial charge in [0.05, 0.1) is 20.3 Å². The molecule has 1 fully saturated rings. The van der Waals surface area contributed by atoms with Crippen LogP contribution >= 0.6 is 0 Å². The van der Waals surface area contributed by atoms with Crippen LogP contribution in [-0.2, 0) is 11.2 Å². The number of carbonyl (C=O) groups excluding carboxylic acids is 1. The van der Waals surface area contributed by atoms with Gasteiger partial charge < -0.3 is 20.1 Å². The quantitative estimate of drug-likeness (QED) is 0.705. The van der Waals surface area contributed by atoms with Crippen molar-refractivity contribution in [3.05, 3.63) is 29.8 Å². The van der Waals surface area contributed by atoms with Crippen molar-refractivity contribution >= 4 is 6.03 Å². The zero-order chi connectivity index (χ0) is 18.1. The molecule has 140 valence electrons. The van der Waals surface area contributed by atoms with Gasteiger partial charge in [0, 0.05) is 31.7 Å². The molecule has 0 atom stereocenters. The Morgan fingerprint density at radius 2 is 1.88 bits per heavy atom. The Morgan fingerprint density at radius 1 is 1.20 bits per heavy atom. The van der Waals surface area contributed by atoms with Gasteiger partial charge in [-0.1, -0.05) is 12.1 Å². The highest BCUT2D eigenvalue weighted by Gasteiger charge is 2.28. The second-order valence-corrected chi connectivity index (χ2v) is 6.97. The highest BCUT2D eigenvalue weighted by atomic mass is 16.5. The second kappa shape index (κ2) is 9.63. The highest BCUT2D eigenvalue weighted by molar-refractivity contribution is 5.73. The van der Waals surface area contributed by atoms with Crippen LogP contribution in [0, 0.1) is 0 Å². The standard InChI is InChI=1S/C19H31N3O3/c1-19(2,22-11-13-25-14-12-22)15-21-18(23)20-10-4-5-16-6-8-17(24-3)9-7-16/h6-9H,4-5,10-15H2,1-3H3,(H2,20,21,23). The number of hydrogen-bond acceptors (Lipinski definition) is 4. The molecule has 0 aliphatic carbocycles. The number of ether oxygens (including phenoxy) is 2. The van der Waals surface area contributed by atoms with Crippen molar-refractivity contribution in [1.82, 2.24) is 15.5 Å². The SMILES string of the molecule is COc1ccc(CCCNC(=O)NCC(C)(C)N2CCOCC2)cc1. The van der Waals surface area contributed by atoms with Crippen LogP contribution in [0.2, 0.25) is 0 Å². The number of nitrogens with zero attached hydrogens (tertiary/aromatic N) is 1. The van der Waals surface area contributed by atoms with Crippen LogP contribution in [0.15, 0.2) is 24.3 Å². The summed E-state index contributed by atoms with van der Waals surface area (Å²) in [7, 11) is 1.66. The summed E-state index contributed by atoms with van der Waals surface area (Å²) in [6.45, 7) is 8.95. The molecule has 1 aliphatic rings. The third-order valence-corrected chi connectivity index (χ3v) is 4.64. The summed E-state index contributed by atoms with van der Waals surface area (Å²) in [5, 5.41) is 5.92. The summed E-state index contributed by atoms with van der Waals surface area (Å²) >= 11 is 0. The Hall–Kier alpha value is -1.79. The number of morpholine rings is 1. The number of hydrogen-bond donors (Lipinski definition) is 2. The van der Waals surface area contributed by atoms with E-state index >= 15 is 0 Å². The maximum atomic E-state index is 12.0. The third-order valence-electron chi connectivity index (χ3n) is 4.64. The smallest absolute Gasteiger partial charge is 0.314 e. The fourth-order valence-corrected chi connectivity index (χ4v) is 2.93. The molecule has 0 radical (unpaired) electrons. The van der Waals surface area contributed by atoms with Gasteiger partial charge in [0.1, 0.15) is 5.75 Å². The van der Waals surface area contributed by atoms with Gasteiger partial charge in [0.2, 0.25) is 0 Å². The number of methoxy groups -OCH3 is 1. The molecule has 6 nitrogen and oxygen atoms in total. The predicted molar refractivity (Wildman–Crippen MR) is 99.2 cm³/mol. The van der Waals surface area contributed by atoms with Crippen LogP contribution in [0.3, 0.4) is 0 Å². The molecule has 1 saturated heterocycles. The summed E-state index contributed by atoms with van der Waals surface area (Å²) in [6.07, 6.45) is 1.84. The fraction of sp³-hybridized carbons (Fsp3) is 0.632. The molecule has 0 saturated carbocycles. The van der Waals surface area contributed by atoms with Crippen LogP contribution < -0.4 is 15.4 Å². The molecule has 2 rings (SSSR count). The van der Waals surface area contributed by atoms with Gasteiger partial charge in [-0.25, -0.2) is 4.79 Å². The minimum atomic E-state index is -0.101. The summed E-state index contributed by atoms with van der Waals surface area (Å²) < 4.78 is 10.5. The predicted octanol–water partition coefficient (Wildman–Crippen LogP) is 2.04. The first-order valence-electron chi connectivity index (χ1n) is 8.99. The lowest BCUT2D eigenvalue weighted by Crippen LogP contribution is -2.56. The second-order valence-electron chi connectivity index (χ2n) is 6.97. The van der Waals surface area contributed by atoms with Crippen molar-refractivity contribution in [3.8, 4) is 5.75 Å². The Bertz CT molecular complexity index is 525. The van der Waals surface area contributed by atoms with E-state index < -0.39 is 0 Å². The lowest BCUT2D eigenvalue weighted by molar-refractivity contribution is -0.00874. The van der Waals surface area contributed by atoms with E-state index in [-0.39, 0.29) is 11.6 Å². The number of carbonyl (C=O) groups is 1. The maximum Gasteiger partial charge on any atom is 0.314 e. The molecule has 1 heterocycles. The number of urea groups is 1. The number of amides is 2. The van der Waals surface area contributed by atoms with Gasteiger partial charge in [0.25, 0.3) is 0 Å². The first-order valence-corrected chi connectivity index (χ1v) is 8.99. The van der Waals surface area contributed by atoms with E-state index in [9.17, 15) is 4.79 Å². The molecule has 0 spiro atoms. The Balaban J connectivity index is 1.61. The van der Waals surface area contributed by atoms with E-state index in [1.54, 1.807) is 7.11 Å². The summed E-state index contributed by atoms with van der Waals surface area (Å²) in [6, 6.07) is 7.94. The highest BCUT2D eigenvalue weighted by Crippen LogP contribution is 2.15. The molecule has 0 aromatic heterocycles. The van der Waals surface area contributed by atoms with Crippen LogP contribution in [0.25, 0.3) is 0 Å². The van der Waals surface area contributed by atoms with Crippen LogP contribution in [0.5, 0.6) is 5.75 Å². The fourth-order valence-electron chi connectivity index (χ4n) is 2.93. The summed E-state index contributed by atoms with van der Waals surface area (Å²) in [5.41, 5.74) is 1.18. The van der Waals surface area contributed by atoms with Crippen molar-refractivity contribution < 1.29 is 14.3 Å². The molecule has 2 N–H and O–H groups in total.